The molecular formula is C19H20ClN3O. The largest absolute Gasteiger partial charge is 0.350 e. The number of hydrogen-bond donors (Lipinski definition) is 3. The molecule has 0 aliphatic carbocycles. The van der Waals surface area contributed by atoms with Gasteiger partial charge in [-0.3, -0.25) is 15.6 Å². The Morgan fingerprint density at radius 1 is 1.08 bits per heavy atom. The summed E-state index contributed by atoms with van der Waals surface area (Å²) in [6.07, 6.45) is 0. The van der Waals surface area contributed by atoms with Crippen molar-refractivity contribution in [3.8, 4) is 0 Å². The average molecular weight is 342 g/mol. The molecule has 0 spiro atoms. The van der Waals surface area contributed by atoms with Gasteiger partial charge in [0, 0.05) is 15.9 Å². The van der Waals surface area contributed by atoms with Gasteiger partial charge in [0.25, 0.3) is 5.91 Å². The van der Waals surface area contributed by atoms with Crippen molar-refractivity contribution in [3.05, 3.63) is 64.8 Å². The molecule has 0 aliphatic heterocycles. The van der Waals surface area contributed by atoms with E-state index >= 15 is 0 Å². The number of benzene rings is 2. The molecule has 124 valence electrons. The summed E-state index contributed by atoms with van der Waals surface area (Å²) in [5, 5.41) is 1.62. The molecule has 0 saturated heterocycles. The van der Waals surface area contributed by atoms with E-state index in [1.165, 1.54) is 5.56 Å². The average Bonchev–Trinajstić information content (AvgIpc) is 2.95. The highest BCUT2D eigenvalue weighted by molar-refractivity contribution is 6.30. The molecule has 5 heteroatoms. The minimum atomic E-state index is -0.233. The van der Waals surface area contributed by atoms with E-state index in [9.17, 15) is 4.79 Å². The van der Waals surface area contributed by atoms with Crippen LogP contribution in [0.2, 0.25) is 5.02 Å². The smallest absolute Gasteiger partial charge is 0.286 e. The van der Waals surface area contributed by atoms with Gasteiger partial charge in [0.2, 0.25) is 0 Å². The second-order valence-corrected chi connectivity index (χ2v) is 7.26. The molecule has 3 N–H and O–H groups in total. The summed E-state index contributed by atoms with van der Waals surface area (Å²) in [7, 11) is 0. The molecule has 0 atom stereocenters. The zero-order valence-corrected chi connectivity index (χ0v) is 14.7. The number of H-pyrrole nitrogens is 1. The summed E-state index contributed by atoms with van der Waals surface area (Å²) in [5.41, 5.74) is 9.00. The van der Waals surface area contributed by atoms with Crippen LogP contribution < -0.4 is 10.9 Å². The maximum Gasteiger partial charge on any atom is 0.286 e. The highest BCUT2D eigenvalue weighted by Gasteiger charge is 2.15. The van der Waals surface area contributed by atoms with Crippen LogP contribution in [0.3, 0.4) is 0 Å². The van der Waals surface area contributed by atoms with Gasteiger partial charge < -0.3 is 4.98 Å². The standard InChI is InChI=1S/C19H20ClN3O/c1-19(2,3)13-8-7-12-9-17(21-16(12)10-13)18(24)23-22-15-6-4-5-14(20)11-15/h4-11,21-22H,1-3H3,(H,23,24). The highest BCUT2D eigenvalue weighted by atomic mass is 35.5. The number of amides is 1. The lowest BCUT2D eigenvalue weighted by Gasteiger charge is -2.18. The maximum absolute atomic E-state index is 12.3. The molecule has 24 heavy (non-hydrogen) atoms. The van der Waals surface area contributed by atoms with Crippen molar-refractivity contribution in [3.63, 3.8) is 0 Å². The van der Waals surface area contributed by atoms with Gasteiger partial charge in [0.15, 0.2) is 0 Å². The van der Waals surface area contributed by atoms with E-state index < -0.39 is 0 Å². The second kappa shape index (κ2) is 6.21. The van der Waals surface area contributed by atoms with Crippen LogP contribution in [0.1, 0.15) is 36.8 Å². The van der Waals surface area contributed by atoms with Gasteiger partial charge in [-0.25, -0.2) is 0 Å². The minimum absolute atomic E-state index is 0.0653. The lowest BCUT2D eigenvalue weighted by Crippen LogP contribution is -2.29. The third kappa shape index (κ3) is 3.54. The molecule has 0 fully saturated rings. The molecule has 2 aromatic carbocycles. The predicted octanol–water partition coefficient (Wildman–Crippen LogP) is 4.88. The fraction of sp³-hybridized carbons (Fsp3) is 0.211. The van der Waals surface area contributed by atoms with Crippen LogP contribution in [0.4, 0.5) is 5.69 Å². The van der Waals surface area contributed by atoms with Gasteiger partial charge in [-0.05, 0) is 41.3 Å². The zero-order valence-electron chi connectivity index (χ0n) is 13.9. The first-order valence-corrected chi connectivity index (χ1v) is 8.16. The number of hydrogen-bond acceptors (Lipinski definition) is 2. The fourth-order valence-electron chi connectivity index (χ4n) is 2.48. The van der Waals surface area contributed by atoms with Gasteiger partial charge >= 0.3 is 0 Å². The predicted molar refractivity (Wildman–Crippen MR) is 99.5 cm³/mol. The SMILES string of the molecule is CC(C)(C)c1ccc2cc(C(=O)NNc3cccc(Cl)c3)[nH]c2c1. The van der Waals surface area contributed by atoms with Crippen molar-refractivity contribution in [2.75, 3.05) is 5.43 Å². The zero-order chi connectivity index (χ0) is 17.3. The van der Waals surface area contributed by atoms with Gasteiger partial charge in [-0.1, -0.05) is 50.6 Å². The van der Waals surface area contributed by atoms with E-state index in [1.54, 1.807) is 12.1 Å². The monoisotopic (exact) mass is 341 g/mol. The topological polar surface area (TPSA) is 56.9 Å². The van der Waals surface area contributed by atoms with Crippen molar-refractivity contribution < 1.29 is 4.79 Å². The number of anilines is 1. The van der Waals surface area contributed by atoms with Crippen molar-refractivity contribution in [2.45, 2.75) is 26.2 Å². The number of hydrazine groups is 1. The van der Waals surface area contributed by atoms with E-state index in [4.69, 9.17) is 11.6 Å². The third-order valence-electron chi connectivity index (χ3n) is 3.88. The molecule has 0 unspecified atom stereocenters. The van der Waals surface area contributed by atoms with Crippen molar-refractivity contribution in [1.82, 2.24) is 10.4 Å². The molecule has 0 radical (unpaired) electrons. The number of aromatic nitrogens is 1. The van der Waals surface area contributed by atoms with Crippen molar-refractivity contribution in [2.24, 2.45) is 0 Å². The van der Waals surface area contributed by atoms with E-state index in [0.29, 0.717) is 10.7 Å². The number of nitrogens with one attached hydrogen (secondary N) is 3. The van der Waals surface area contributed by atoms with Crippen LogP contribution in [0.5, 0.6) is 0 Å². The Hall–Kier alpha value is -2.46. The molecule has 1 heterocycles. The first kappa shape index (κ1) is 16.4. The van der Waals surface area contributed by atoms with E-state index in [-0.39, 0.29) is 11.3 Å². The van der Waals surface area contributed by atoms with Gasteiger partial charge in [-0.2, -0.15) is 0 Å². The summed E-state index contributed by atoms with van der Waals surface area (Å²) in [6, 6.07) is 15.2. The minimum Gasteiger partial charge on any atom is -0.350 e. The summed E-state index contributed by atoms with van der Waals surface area (Å²) in [5.74, 6) is -0.233. The van der Waals surface area contributed by atoms with Crippen molar-refractivity contribution in [1.29, 1.82) is 0 Å². The lowest BCUT2D eigenvalue weighted by molar-refractivity contribution is 0.0958. The molecular weight excluding hydrogens is 322 g/mol. The number of halogens is 1. The molecule has 1 aromatic heterocycles. The van der Waals surface area contributed by atoms with E-state index in [0.717, 1.165) is 16.6 Å². The molecule has 4 nitrogen and oxygen atoms in total. The van der Waals surface area contributed by atoms with Crippen LogP contribution in [-0.4, -0.2) is 10.9 Å². The summed E-state index contributed by atoms with van der Waals surface area (Å²) in [4.78, 5) is 15.5. The molecule has 0 aliphatic rings. The summed E-state index contributed by atoms with van der Waals surface area (Å²) >= 11 is 5.92. The Morgan fingerprint density at radius 2 is 1.88 bits per heavy atom. The lowest BCUT2D eigenvalue weighted by atomic mass is 9.87. The molecule has 0 bridgehead atoms. The Kier molecular flexibility index (Phi) is 4.24. The summed E-state index contributed by atoms with van der Waals surface area (Å²) in [6.45, 7) is 6.50. The third-order valence-corrected chi connectivity index (χ3v) is 4.11. The fourth-order valence-corrected chi connectivity index (χ4v) is 2.67. The normalized spacial score (nSPS) is 11.5. The van der Waals surface area contributed by atoms with Gasteiger partial charge in [0.05, 0.1) is 5.69 Å². The van der Waals surface area contributed by atoms with Crippen LogP contribution >= 0.6 is 11.6 Å². The van der Waals surface area contributed by atoms with E-state index in [2.05, 4.69) is 48.7 Å². The van der Waals surface area contributed by atoms with Crippen LogP contribution in [0.25, 0.3) is 10.9 Å². The molecule has 3 rings (SSSR count). The molecule has 0 saturated carbocycles. The van der Waals surface area contributed by atoms with Gasteiger partial charge in [0.1, 0.15) is 5.69 Å². The molecule has 3 aromatic rings. The maximum atomic E-state index is 12.3. The van der Waals surface area contributed by atoms with Crippen LogP contribution in [0.15, 0.2) is 48.5 Å². The number of carbonyl (C=O) groups is 1. The quantitative estimate of drug-likeness (QED) is 0.595. The van der Waals surface area contributed by atoms with Crippen LogP contribution in [-0.2, 0) is 5.41 Å². The number of fused-ring (bicyclic) bond motifs is 1. The number of carbonyl (C=O) groups excluding carboxylic acids is 1. The second-order valence-electron chi connectivity index (χ2n) is 6.82. The Bertz CT molecular complexity index is 893. The Balaban J connectivity index is 1.77. The van der Waals surface area contributed by atoms with E-state index in [1.807, 2.05) is 24.3 Å². The van der Waals surface area contributed by atoms with Crippen LogP contribution in [0, 0.1) is 0 Å². The summed E-state index contributed by atoms with van der Waals surface area (Å²) < 4.78 is 0. The Labute approximate surface area is 146 Å². The van der Waals surface area contributed by atoms with Crippen molar-refractivity contribution >= 4 is 34.1 Å². The number of rotatable bonds is 3. The Morgan fingerprint density at radius 3 is 2.58 bits per heavy atom. The number of aromatic amines is 1. The first-order chi connectivity index (χ1) is 11.3. The van der Waals surface area contributed by atoms with Gasteiger partial charge in [-0.15, -0.1) is 0 Å². The molecule has 1 amide bonds. The first-order valence-electron chi connectivity index (χ1n) is 7.78. The highest BCUT2D eigenvalue weighted by Crippen LogP contribution is 2.26.